The van der Waals surface area contributed by atoms with Gasteiger partial charge in [-0.2, -0.15) is 0 Å². The summed E-state index contributed by atoms with van der Waals surface area (Å²) in [6.07, 6.45) is 4.98. The van der Waals surface area contributed by atoms with E-state index < -0.39 is 6.10 Å². The molecule has 0 bridgehead atoms. The molecule has 1 N–H and O–H groups in total. The van der Waals surface area contributed by atoms with Gasteiger partial charge in [0.2, 0.25) is 0 Å². The minimum atomic E-state index is -0.447. The van der Waals surface area contributed by atoms with Crippen molar-refractivity contribution in [3.05, 3.63) is 41.5 Å². The zero-order chi connectivity index (χ0) is 15.2. The Labute approximate surface area is 140 Å². The van der Waals surface area contributed by atoms with Gasteiger partial charge >= 0.3 is 0 Å². The molecule has 1 aliphatic rings. The molecule has 1 aliphatic heterocycles. The number of aliphatic hydroxyl groups is 1. The van der Waals surface area contributed by atoms with E-state index in [0.717, 1.165) is 25.3 Å². The second-order valence-electron chi connectivity index (χ2n) is 6.18. The summed E-state index contributed by atoms with van der Waals surface area (Å²) < 4.78 is 5.89. The van der Waals surface area contributed by atoms with Crippen LogP contribution in [-0.2, 0) is 0 Å². The third kappa shape index (κ3) is 5.64. The van der Waals surface area contributed by atoms with Gasteiger partial charge in [-0.1, -0.05) is 38.1 Å². The second kappa shape index (κ2) is 9.19. The maximum absolute atomic E-state index is 10.2. The minimum Gasteiger partial charge on any atom is -0.491 e. The van der Waals surface area contributed by atoms with Crippen LogP contribution in [0, 0.1) is 6.92 Å². The molecule has 124 valence electrons. The van der Waals surface area contributed by atoms with Crippen molar-refractivity contribution < 1.29 is 9.84 Å². The molecule has 0 spiro atoms. The molecule has 1 unspecified atom stereocenters. The minimum absolute atomic E-state index is 0. The van der Waals surface area contributed by atoms with Gasteiger partial charge in [0.1, 0.15) is 18.5 Å². The summed E-state index contributed by atoms with van der Waals surface area (Å²) in [7, 11) is 0. The van der Waals surface area contributed by atoms with Crippen LogP contribution in [0.1, 0.15) is 37.3 Å². The lowest BCUT2D eigenvalue weighted by molar-refractivity contribution is 0.0708. The molecule has 1 aromatic carbocycles. The van der Waals surface area contributed by atoms with Crippen molar-refractivity contribution in [1.82, 2.24) is 4.90 Å². The van der Waals surface area contributed by atoms with E-state index in [1.165, 1.54) is 11.1 Å². The highest BCUT2D eigenvalue weighted by molar-refractivity contribution is 5.85. The first-order chi connectivity index (χ1) is 10.1. The maximum Gasteiger partial charge on any atom is 0.123 e. The van der Waals surface area contributed by atoms with Crippen LogP contribution >= 0.6 is 12.4 Å². The number of halogens is 1. The lowest BCUT2D eigenvalue weighted by Gasteiger charge is -2.26. The van der Waals surface area contributed by atoms with Crippen molar-refractivity contribution in [3.8, 4) is 5.75 Å². The molecular weight excluding hydrogens is 298 g/mol. The van der Waals surface area contributed by atoms with Crippen LogP contribution in [0.15, 0.2) is 30.4 Å². The number of rotatable bonds is 6. The molecule has 0 aliphatic carbocycles. The van der Waals surface area contributed by atoms with E-state index in [2.05, 4.69) is 56.0 Å². The Morgan fingerprint density at radius 3 is 2.68 bits per heavy atom. The first-order valence-electron chi connectivity index (χ1n) is 7.85. The highest BCUT2D eigenvalue weighted by Crippen LogP contribution is 2.27. The van der Waals surface area contributed by atoms with Crippen LogP contribution in [-0.4, -0.2) is 42.4 Å². The molecular formula is C18H28ClNO2. The van der Waals surface area contributed by atoms with E-state index >= 15 is 0 Å². The number of β-amino-alcohol motifs (C(OH)–C–C–N with tert-alkyl or cyclic N) is 1. The average Bonchev–Trinajstić information content (AvgIpc) is 2.46. The number of benzene rings is 1. The molecule has 0 saturated carbocycles. The van der Waals surface area contributed by atoms with Gasteiger partial charge in [-0.15, -0.1) is 12.4 Å². The number of aryl methyl sites for hydroxylation is 1. The summed E-state index contributed by atoms with van der Waals surface area (Å²) in [5, 5.41) is 10.2. The molecule has 4 heteroatoms. The Bertz CT molecular complexity index is 488. The van der Waals surface area contributed by atoms with Gasteiger partial charge < -0.3 is 9.84 Å². The molecule has 3 nitrogen and oxygen atoms in total. The third-order valence-electron chi connectivity index (χ3n) is 3.83. The Kier molecular flexibility index (Phi) is 7.94. The van der Waals surface area contributed by atoms with Crippen LogP contribution in [0.25, 0.3) is 0 Å². The highest BCUT2D eigenvalue weighted by atomic mass is 35.5. The monoisotopic (exact) mass is 325 g/mol. The summed E-state index contributed by atoms with van der Waals surface area (Å²) in [6.45, 7) is 9.36. The first-order valence-corrected chi connectivity index (χ1v) is 7.85. The summed E-state index contributed by atoms with van der Waals surface area (Å²) in [6, 6.07) is 6.29. The predicted octanol–water partition coefficient (Wildman–Crippen LogP) is 3.54. The van der Waals surface area contributed by atoms with Crippen LogP contribution in [0.2, 0.25) is 0 Å². The normalized spacial score (nSPS) is 16.4. The molecule has 0 saturated heterocycles. The van der Waals surface area contributed by atoms with E-state index in [4.69, 9.17) is 4.74 Å². The lowest BCUT2D eigenvalue weighted by atomic mass is 10.0. The summed E-state index contributed by atoms with van der Waals surface area (Å²) in [5.41, 5.74) is 2.39. The SMILES string of the molecule is Cc1ccc(C(C)C)c(OCC(O)CN2CC=CCC2)c1.Cl. The number of ether oxygens (including phenoxy) is 1. The third-order valence-corrected chi connectivity index (χ3v) is 3.83. The van der Waals surface area contributed by atoms with E-state index in [1.54, 1.807) is 0 Å². The smallest absolute Gasteiger partial charge is 0.123 e. The average molecular weight is 326 g/mol. The van der Waals surface area contributed by atoms with Gasteiger partial charge in [0.05, 0.1) is 0 Å². The quantitative estimate of drug-likeness (QED) is 0.812. The lowest BCUT2D eigenvalue weighted by Crippen LogP contribution is -2.37. The van der Waals surface area contributed by atoms with Crippen LogP contribution in [0.4, 0.5) is 0 Å². The van der Waals surface area contributed by atoms with Gasteiger partial charge in [0, 0.05) is 19.6 Å². The molecule has 1 atom stereocenters. The topological polar surface area (TPSA) is 32.7 Å². The van der Waals surface area contributed by atoms with Gasteiger partial charge in [-0.05, 0) is 36.5 Å². The summed E-state index contributed by atoms with van der Waals surface area (Å²) in [4.78, 5) is 2.26. The van der Waals surface area contributed by atoms with Gasteiger partial charge in [0.25, 0.3) is 0 Å². The summed E-state index contributed by atoms with van der Waals surface area (Å²) >= 11 is 0. The number of nitrogens with zero attached hydrogens (tertiary/aromatic N) is 1. The maximum atomic E-state index is 10.2. The van der Waals surface area contributed by atoms with Crippen LogP contribution < -0.4 is 4.74 Å². The van der Waals surface area contributed by atoms with E-state index in [9.17, 15) is 5.11 Å². The van der Waals surface area contributed by atoms with Crippen molar-refractivity contribution in [2.45, 2.75) is 39.2 Å². The van der Waals surface area contributed by atoms with Crippen LogP contribution in [0.3, 0.4) is 0 Å². The molecule has 0 fully saturated rings. The van der Waals surface area contributed by atoms with Crippen LogP contribution in [0.5, 0.6) is 5.75 Å². The van der Waals surface area contributed by atoms with Crippen molar-refractivity contribution in [2.24, 2.45) is 0 Å². The van der Waals surface area contributed by atoms with Crippen molar-refractivity contribution in [1.29, 1.82) is 0 Å². The fourth-order valence-electron chi connectivity index (χ4n) is 2.64. The van der Waals surface area contributed by atoms with Crippen molar-refractivity contribution in [2.75, 3.05) is 26.2 Å². The van der Waals surface area contributed by atoms with E-state index in [1.807, 2.05) is 0 Å². The zero-order valence-electron chi connectivity index (χ0n) is 13.8. The Morgan fingerprint density at radius 1 is 1.27 bits per heavy atom. The fraction of sp³-hybridized carbons (Fsp3) is 0.556. The molecule has 1 aromatic rings. The number of aliphatic hydroxyl groups excluding tert-OH is 1. The Hall–Kier alpha value is -1.03. The largest absolute Gasteiger partial charge is 0.491 e. The zero-order valence-corrected chi connectivity index (χ0v) is 14.6. The highest BCUT2D eigenvalue weighted by Gasteiger charge is 2.14. The van der Waals surface area contributed by atoms with Crippen molar-refractivity contribution >= 4 is 12.4 Å². The Morgan fingerprint density at radius 2 is 2.05 bits per heavy atom. The molecule has 2 rings (SSSR count). The van der Waals surface area contributed by atoms with Gasteiger partial charge in [0.15, 0.2) is 0 Å². The molecule has 1 heterocycles. The molecule has 0 amide bonds. The van der Waals surface area contributed by atoms with E-state index in [0.29, 0.717) is 19.1 Å². The van der Waals surface area contributed by atoms with E-state index in [-0.39, 0.29) is 12.4 Å². The second-order valence-corrected chi connectivity index (χ2v) is 6.18. The number of hydrogen-bond acceptors (Lipinski definition) is 3. The fourth-order valence-corrected chi connectivity index (χ4v) is 2.64. The van der Waals surface area contributed by atoms with Gasteiger partial charge in [-0.25, -0.2) is 0 Å². The van der Waals surface area contributed by atoms with Crippen molar-refractivity contribution in [3.63, 3.8) is 0 Å². The molecule has 0 radical (unpaired) electrons. The summed E-state index contributed by atoms with van der Waals surface area (Å²) in [5.74, 6) is 1.33. The predicted molar refractivity (Wildman–Crippen MR) is 94.2 cm³/mol. The first kappa shape index (κ1) is 19.0. The Balaban J connectivity index is 0.00000242. The molecule has 22 heavy (non-hydrogen) atoms. The van der Waals surface area contributed by atoms with Gasteiger partial charge in [-0.3, -0.25) is 4.90 Å². The molecule has 0 aromatic heterocycles. The number of hydrogen-bond donors (Lipinski definition) is 1. The standard InChI is InChI=1S/C18H27NO2.ClH/c1-14(2)17-8-7-15(3)11-18(17)21-13-16(20)12-19-9-5-4-6-10-19;/h4-5,7-8,11,14,16,20H,6,9-10,12-13H2,1-3H3;1H.